The van der Waals surface area contributed by atoms with E-state index in [2.05, 4.69) is 10.3 Å². The average molecular weight is 286 g/mol. The van der Waals surface area contributed by atoms with Crippen LogP contribution >= 0.6 is 0 Å². The maximum atomic E-state index is 13.2. The van der Waals surface area contributed by atoms with Gasteiger partial charge in [0.1, 0.15) is 0 Å². The van der Waals surface area contributed by atoms with Crippen molar-refractivity contribution in [1.82, 2.24) is 10.3 Å². The lowest BCUT2D eigenvalue weighted by atomic mass is 9.80. The topological polar surface area (TPSA) is 24.9 Å². The van der Waals surface area contributed by atoms with Crippen molar-refractivity contribution in [3.8, 4) is 0 Å². The molecule has 20 heavy (non-hydrogen) atoms. The van der Waals surface area contributed by atoms with Crippen LogP contribution in [0.1, 0.15) is 56.2 Å². The van der Waals surface area contributed by atoms with Gasteiger partial charge in [-0.2, -0.15) is 13.2 Å². The SMILES string of the molecule is CCNC(c1cnccc1C(F)(F)F)C1CCCCC1. The number of aromatic nitrogens is 1. The minimum Gasteiger partial charge on any atom is -0.310 e. The van der Waals surface area contributed by atoms with E-state index >= 15 is 0 Å². The Morgan fingerprint density at radius 3 is 2.60 bits per heavy atom. The van der Waals surface area contributed by atoms with Crippen LogP contribution in [0, 0.1) is 5.92 Å². The van der Waals surface area contributed by atoms with Gasteiger partial charge >= 0.3 is 6.18 Å². The smallest absolute Gasteiger partial charge is 0.310 e. The summed E-state index contributed by atoms with van der Waals surface area (Å²) in [6, 6.07) is 0.841. The van der Waals surface area contributed by atoms with Crippen LogP contribution in [0.2, 0.25) is 0 Å². The molecule has 2 rings (SSSR count). The van der Waals surface area contributed by atoms with Crippen molar-refractivity contribution in [1.29, 1.82) is 0 Å². The van der Waals surface area contributed by atoms with Gasteiger partial charge in [0.05, 0.1) is 5.56 Å². The minimum absolute atomic E-state index is 0.245. The van der Waals surface area contributed by atoms with Gasteiger partial charge in [0.2, 0.25) is 0 Å². The molecule has 0 bridgehead atoms. The van der Waals surface area contributed by atoms with Gasteiger partial charge in [0, 0.05) is 18.4 Å². The summed E-state index contributed by atoms with van der Waals surface area (Å²) in [5, 5.41) is 3.24. The lowest BCUT2D eigenvalue weighted by molar-refractivity contribution is -0.138. The fraction of sp³-hybridized carbons (Fsp3) is 0.667. The first kappa shape index (κ1) is 15.3. The van der Waals surface area contributed by atoms with Gasteiger partial charge in [-0.05, 0) is 36.9 Å². The Hall–Kier alpha value is -1.10. The van der Waals surface area contributed by atoms with Crippen molar-refractivity contribution in [2.45, 2.75) is 51.2 Å². The molecule has 112 valence electrons. The molecule has 1 saturated carbocycles. The number of alkyl halides is 3. The molecule has 5 heteroatoms. The zero-order chi connectivity index (χ0) is 14.6. The van der Waals surface area contributed by atoms with Crippen molar-refractivity contribution in [2.75, 3.05) is 6.54 Å². The number of nitrogens with zero attached hydrogens (tertiary/aromatic N) is 1. The maximum Gasteiger partial charge on any atom is 0.416 e. The summed E-state index contributed by atoms with van der Waals surface area (Å²) in [5.74, 6) is 0.272. The van der Waals surface area contributed by atoms with E-state index < -0.39 is 11.7 Å². The summed E-state index contributed by atoms with van der Waals surface area (Å²) in [7, 11) is 0. The molecule has 1 aliphatic carbocycles. The number of halogens is 3. The van der Waals surface area contributed by atoms with Crippen LogP contribution in [-0.2, 0) is 6.18 Å². The van der Waals surface area contributed by atoms with Gasteiger partial charge < -0.3 is 5.32 Å². The van der Waals surface area contributed by atoms with Gasteiger partial charge in [-0.15, -0.1) is 0 Å². The van der Waals surface area contributed by atoms with Gasteiger partial charge in [-0.25, -0.2) is 0 Å². The third-order valence-electron chi connectivity index (χ3n) is 4.04. The lowest BCUT2D eigenvalue weighted by Crippen LogP contribution is -2.31. The van der Waals surface area contributed by atoms with E-state index in [-0.39, 0.29) is 12.0 Å². The van der Waals surface area contributed by atoms with Crippen molar-refractivity contribution in [3.05, 3.63) is 29.6 Å². The minimum atomic E-state index is -4.32. The van der Waals surface area contributed by atoms with Gasteiger partial charge in [0.15, 0.2) is 0 Å². The summed E-state index contributed by atoms with van der Waals surface area (Å²) in [6.45, 7) is 2.59. The molecule has 0 amide bonds. The second-order valence-corrected chi connectivity index (χ2v) is 5.39. The fourth-order valence-corrected chi connectivity index (χ4v) is 3.13. The van der Waals surface area contributed by atoms with Crippen molar-refractivity contribution < 1.29 is 13.2 Å². The molecule has 1 aromatic heterocycles. The zero-order valence-corrected chi connectivity index (χ0v) is 11.7. The Labute approximate surface area is 117 Å². The third kappa shape index (κ3) is 3.51. The highest BCUT2D eigenvalue weighted by atomic mass is 19.4. The molecule has 0 spiro atoms. The third-order valence-corrected chi connectivity index (χ3v) is 4.04. The number of hydrogen-bond donors (Lipinski definition) is 1. The van der Waals surface area contributed by atoms with Crippen LogP contribution < -0.4 is 5.32 Å². The van der Waals surface area contributed by atoms with Crippen LogP contribution in [0.5, 0.6) is 0 Å². The molecule has 0 saturated heterocycles. The normalized spacial score (nSPS) is 19.0. The van der Waals surface area contributed by atoms with Crippen molar-refractivity contribution in [2.24, 2.45) is 5.92 Å². The second kappa shape index (κ2) is 6.57. The van der Waals surface area contributed by atoms with E-state index in [9.17, 15) is 13.2 Å². The Morgan fingerprint density at radius 1 is 1.30 bits per heavy atom. The number of rotatable bonds is 4. The Kier molecular flexibility index (Phi) is 5.02. The Balaban J connectivity index is 2.33. The largest absolute Gasteiger partial charge is 0.416 e. The zero-order valence-electron chi connectivity index (χ0n) is 11.7. The van der Waals surface area contributed by atoms with Gasteiger partial charge in [-0.1, -0.05) is 26.2 Å². The predicted octanol–water partition coefficient (Wildman–Crippen LogP) is 4.33. The van der Waals surface area contributed by atoms with Crippen LogP contribution in [0.25, 0.3) is 0 Å². The van der Waals surface area contributed by atoms with Crippen LogP contribution in [0.3, 0.4) is 0 Å². The molecule has 0 aliphatic heterocycles. The molecule has 1 unspecified atom stereocenters. The van der Waals surface area contributed by atoms with Gasteiger partial charge in [0.25, 0.3) is 0 Å². The average Bonchev–Trinajstić information content (AvgIpc) is 2.45. The first-order chi connectivity index (χ1) is 9.54. The maximum absolute atomic E-state index is 13.2. The van der Waals surface area contributed by atoms with E-state index in [1.54, 1.807) is 0 Å². The lowest BCUT2D eigenvalue weighted by Gasteiger charge is -2.32. The molecular formula is C15H21F3N2. The van der Waals surface area contributed by atoms with Crippen LogP contribution in [-0.4, -0.2) is 11.5 Å². The first-order valence-corrected chi connectivity index (χ1v) is 7.28. The molecule has 1 aliphatic rings. The van der Waals surface area contributed by atoms with E-state index in [1.807, 2.05) is 6.92 Å². The Bertz CT molecular complexity index is 425. The molecule has 1 atom stereocenters. The molecule has 0 aromatic carbocycles. The highest BCUT2D eigenvalue weighted by Crippen LogP contribution is 2.40. The molecule has 1 N–H and O–H groups in total. The Morgan fingerprint density at radius 2 is 2.00 bits per heavy atom. The monoisotopic (exact) mass is 286 g/mol. The standard InChI is InChI=1S/C15H21F3N2/c1-2-20-14(11-6-4-3-5-7-11)12-10-19-9-8-13(12)15(16,17)18/h8-11,14,20H,2-7H2,1H3. The summed E-state index contributed by atoms with van der Waals surface area (Å²) < 4.78 is 39.5. The van der Waals surface area contributed by atoms with Crippen LogP contribution in [0.15, 0.2) is 18.5 Å². The van der Waals surface area contributed by atoms with E-state index in [4.69, 9.17) is 0 Å². The predicted molar refractivity (Wildman–Crippen MR) is 72.2 cm³/mol. The molecule has 0 radical (unpaired) electrons. The summed E-state index contributed by atoms with van der Waals surface area (Å²) in [4.78, 5) is 3.92. The second-order valence-electron chi connectivity index (χ2n) is 5.39. The van der Waals surface area contributed by atoms with Gasteiger partial charge in [-0.3, -0.25) is 4.98 Å². The molecule has 1 heterocycles. The van der Waals surface area contributed by atoms with E-state index in [0.29, 0.717) is 12.1 Å². The number of pyridine rings is 1. The summed E-state index contributed by atoms with van der Waals surface area (Å²) >= 11 is 0. The first-order valence-electron chi connectivity index (χ1n) is 7.28. The van der Waals surface area contributed by atoms with E-state index in [0.717, 1.165) is 31.7 Å². The molecule has 2 nitrogen and oxygen atoms in total. The molecule has 1 fully saturated rings. The van der Waals surface area contributed by atoms with Crippen LogP contribution in [0.4, 0.5) is 13.2 Å². The molecule has 1 aromatic rings. The van der Waals surface area contributed by atoms with E-state index in [1.165, 1.54) is 18.8 Å². The highest BCUT2D eigenvalue weighted by Gasteiger charge is 2.37. The summed E-state index contributed by atoms with van der Waals surface area (Å²) in [5.41, 5.74) is -0.252. The number of hydrogen-bond acceptors (Lipinski definition) is 2. The number of nitrogens with one attached hydrogen (secondary N) is 1. The highest BCUT2D eigenvalue weighted by molar-refractivity contribution is 5.30. The fourth-order valence-electron chi connectivity index (χ4n) is 3.13. The summed E-state index contributed by atoms with van der Waals surface area (Å²) in [6.07, 6.45) is 3.66. The quantitative estimate of drug-likeness (QED) is 0.891. The van der Waals surface area contributed by atoms with Crippen molar-refractivity contribution in [3.63, 3.8) is 0 Å². The molecular weight excluding hydrogens is 265 g/mol. The van der Waals surface area contributed by atoms with Crippen molar-refractivity contribution >= 4 is 0 Å².